The third kappa shape index (κ3) is 5.04. The molecule has 2 heterocycles. The molecule has 1 saturated heterocycles. The van der Waals surface area contributed by atoms with Gasteiger partial charge in [-0.1, -0.05) is 11.6 Å². The van der Waals surface area contributed by atoms with E-state index in [0.717, 1.165) is 0 Å². The number of piperazine rings is 1. The van der Waals surface area contributed by atoms with E-state index in [-0.39, 0.29) is 23.8 Å². The lowest BCUT2D eigenvalue weighted by atomic mass is 10.2. The first-order valence-electron chi connectivity index (χ1n) is 10.2. The monoisotopic (exact) mass is 490 g/mol. The maximum atomic E-state index is 13.2. The lowest BCUT2D eigenvalue weighted by Crippen LogP contribution is -2.49. The van der Waals surface area contributed by atoms with Crippen molar-refractivity contribution in [3.63, 3.8) is 0 Å². The van der Waals surface area contributed by atoms with Crippen molar-refractivity contribution in [1.29, 1.82) is 0 Å². The summed E-state index contributed by atoms with van der Waals surface area (Å²) in [6, 6.07) is 10.5. The predicted molar refractivity (Wildman–Crippen MR) is 124 cm³/mol. The SMILES string of the molecule is O=C(CCn1c(-c2ccc(F)cc2)n[nH]c1=S)N1CCN(c2ccc(Cl)cc2[N+](=O)[O-])CC1. The summed E-state index contributed by atoms with van der Waals surface area (Å²) in [7, 11) is 0. The van der Waals surface area contributed by atoms with E-state index >= 15 is 0 Å². The normalized spacial score (nSPS) is 13.9. The number of carbonyl (C=O) groups excluding carboxylic acids is 1. The minimum Gasteiger partial charge on any atom is -0.362 e. The molecule has 1 fully saturated rings. The maximum Gasteiger partial charge on any atom is 0.294 e. The van der Waals surface area contributed by atoms with Crippen molar-refractivity contribution in [2.75, 3.05) is 31.1 Å². The first-order valence-corrected chi connectivity index (χ1v) is 11.0. The van der Waals surface area contributed by atoms with Gasteiger partial charge in [-0.3, -0.25) is 24.6 Å². The number of halogens is 2. The molecule has 12 heteroatoms. The smallest absolute Gasteiger partial charge is 0.294 e. The van der Waals surface area contributed by atoms with Crippen LogP contribution in [0, 0.1) is 20.7 Å². The second kappa shape index (κ2) is 9.67. The second-order valence-electron chi connectivity index (χ2n) is 7.52. The highest BCUT2D eigenvalue weighted by molar-refractivity contribution is 7.71. The number of nitrogens with zero attached hydrogens (tertiary/aromatic N) is 5. The van der Waals surface area contributed by atoms with Crippen molar-refractivity contribution in [2.45, 2.75) is 13.0 Å². The fourth-order valence-corrected chi connectivity index (χ4v) is 4.21. The second-order valence-corrected chi connectivity index (χ2v) is 8.34. The Balaban J connectivity index is 1.38. The van der Waals surface area contributed by atoms with Crippen LogP contribution in [0.15, 0.2) is 42.5 Å². The molecule has 0 radical (unpaired) electrons. The number of benzene rings is 2. The number of carbonyl (C=O) groups is 1. The summed E-state index contributed by atoms with van der Waals surface area (Å²) >= 11 is 11.2. The molecular formula is C21H20ClFN6O3S. The molecule has 0 spiro atoms. The fourth-order valence-electron chi connectivity index (χ4n) is 3.82. The van der Waals surface area contributed by atoms with Gasteiger partial charge in [0, 0.05) is 55.8 Å². The lowest BCUT2D eigenvalue weighted by molar-refractivity contribution is -0.384. The highest BCUT2D eigenvalue weighted by Crippen LogP contribution is 2.31. The number of rotatable bonds is 6. The summed E-state index contributed by atoms with van der Waals surface area (Å²) in [5.41, 5.74) is 1.13. The van der Waals surface area contributed by atoms with Crippen molar-refractivity contribution in [3.8, 4) is 11.4 Å². The van der Waals surface area contributed by atoms with Crippen molar-refractivity contribution < 1.29 is 14.1 Å². The number of nitrogens with one attached hydrogen (secondary N) is 1. The Bertz CT molecular complexity index is 1240. The summed E-state index contributed by atoms with van der Waals surface area (Å²) < 4.78 is 15.3. The molecule has 33 heavy (non-hydrogen) atoms. The van der Waals surface area contributed by atoms with E-state index in [1.165, 1.54) is 18.2 Å². The third-order valence-corrected chi connectivity index (χ3v) is 6.06. The molecule has 1 amide bonds. The van der Waals surface area contributed by atoms with E-state index in [1.807, 2.05) is 4.90 Å². The van der Waals surface area contributed by atoms with E-state index in [1.54, 1.807) is 33.7 Å². The van der Waals surface area contributed by atoms with Crippen molar-refractivity contribution in [2.24, 2.45) is 0 Å². The Labute approximate surface area is 198 Å². The van der Waals surface area contributed by atoms with Gasteiger partial charge in [-0.25, -0.2) is 4.39 Å². The fraction of sp³-hybridized carbons (Fsp3) is 0.286. The van der Waals surface area contributed by atoms with Crippen LogP contribution in [-0.4, -0.2) is 56.7 Å². The van der Waals surface area contributed by atoms with Gasteiger partial charge in [0.25, 0.3) is 5.69 Å². The summed E-state index contributed by atoms with van der Waals surface area (Å²) in [5.74, 6) is 0.138. The standard InChI is InChI=1S/C21H20ClFN6O3S/c22-15-3-6-17(18(13-15)29(31)32)26-9-11-27(12-10-26)19(30)7-8-28-20(24-25-21(28)33)14-1-4-16(23)5-2-14/h1-6,13H,7-12H2,(H,25,33). The van der Waals surface area contributed by atoms with E-state index in [0.29, 0.717) is 59.6 Å². The van der Waals surface area contributed by atoms with E-state index in [9.17, 15) is 19.3 Å². The number of aromatic amines is 1. The number of nitro groups is 1. The van der Waals surface area contributed by atoms with Crippen LogP contribution in [0.4, 0.5) is 15.8 Å². The Morgan fingerprint density at radius 1 is 1.18 bits per heavy atom. The first kappa shape index (κ1) is 22.9. The molecule has 2 aromatic carbocycles. The number of hydrogen-bond acceptors (Lipinski definition) is 6. The number of nitro benzene ring substituents is 1. The molecule has 172 valence electrons. The molecule has 9 nitrogen and oxygen atoms in total. The summed E-state index contributed by atoms with van der Waals surface area (Å²) in [5, 5.41) is 18.6. The van der Waals surface area contributed by atoms with Crippen LogP contribution < -0.4 is 4.90 Å². The van der Waals surface area contributed by atoms with Gasteiger partial charge in [0.15, 0.2) is 10.6 Å². The largest absolute Gasteiger partial charge is 0.362 e. The molecule has 0 saturated carbocycles. The number of amides is 1. The van der Waals surface area contributed by atoms with Crippen LogP contribution >= 0.6 is 23.8 Å². The molecule has 0 bridgehead atoms. The highest BCUT2D eigenvalue weighted by atomic mass is 35.5. The topological polar surface area (TPSA) is 100 Å². The molecule has 0 atom stereocenters. The molecule has 1 aliphatic rings. The number of hydrogen-bond donors (Lipinski definition) is 1. The minimum atomic E-state index is -0.452. The Kier molecular flexibility index (Phi) is 6.70. The average molecular weight is 491 g/mol. The third-order valence-electron chi connectivity index (χ3n) is 5.52. The average Bonchev–Trinajstić information content (AvgIpc) is 3.18. The van der Waals surface area contributed by atoms with Gasteiger partial charge >= 0.3 is 0 Å². The molecule has 4 rings (SSSR count). The molecule has 1 aliphatic heterocycles. The van der Waals surface area contributed by atoms with Gasteiger partial charge in [0.05, 0.1) is 4.92 Å². The lowest BCUT2D eigenvalue weighted by Gasteiger charge is -2.36. The predicted octanol–water partition coefficient (Wildman–Crippen LogP) is 4.05. The zero-order valence-corrected chi connectivity index (χ0v) is 19.0. The van der Waals surface area contributed by atoms with Crippen molar-refractivity contribution in [3.05, 3.63) is 68.2 Å². The van der Waals surface area contributed by atoms with E-state index < -0.39 is 4.92 Å². The molecule has 0 aliphatic carbocycles. The molecule has 3 aromatic rings. The Hall–Kier alpha value is -3.31. The Morgan fingerprint density at radius 3 is 2.55 bits per heavy atom. The summed E-state index contributed by atoms with van der Waals surface area (Å²) in [6.07, 6.45) is 0.211. The quantitative estimate of drug-likeness (QED) is 0.318. The minimum absolute atomic E-state index is 0.0478. The maximum absolute atomic E-state index is 13.2. The van der Waals surface area contributed by atoms with Gasteiger partial charge < -0.3 is 9.80 Å². The number of H-pyrrole nitrogens is 1. The molecule has 1 aromatic heterocycles. The van der Waals surface area contributed by atoms with Crippen LogP contribution in [0.2, 0.25) is 5.02 Å². The molecule has 1 N–H and O–H groups in total. The first-order chi connectivity index (χ1) is 15.8. The molecular weight excluding hydrogens is 471 g/mol. The zero-order chi connectivity index (χ0) is 23.5. The van der Waals surface area contributed by atoms with Crippen LogP contribution in [-0.2, 0) is 11.3 Å². The van der Waals surface area contributed by atoms with E-state index in [4.69, 9.17) is 23.8 Å². The highest BCUT2D eigenvalue weighted by Gasteiger charge is 2.26. The van der Waals surface area contributed by atoms with Crippen molar-refractivity contribution >= 4 is 41.1 Å². The van der Waals surface area contributed by atoms with Crippen molar-refractivity contribution in [1.82, 2.24) is 19.7 Å². The molecule has 0 unspecified atom stereocenters. The van der Waals surface area contributed by atoms with Crippen LogP contribution in [0.3, 0.4) is 0 Å². The summed E-state index contributed by atoms with van der Waals surface area (Å²) in [6.45, 7) is 2.16. The van der Waals surface area contributed by atoms with Gasteiger partial charge in [-0.2, -0.15) is 5.10 Å². The van der Waals surface area contributed by atoms with Crippen LogP contribution in [0.25, 0.3) is 11.4 Å². The summed E-state index contributed by atoms with van der Waals surface area (Å²) in [4.78, 5) is 27.4. The van der Waals surface area contributed by atoms with Gasteiger partial charge in [-0.15, -0.1) is 0 Å². The van der Waals surface area contributed by atoms with E-state index in [2.05, 4.69) is 10.2 Å². The number of aromatic nitrogens is 3. The zero-order valence-electron chi connectivity index (χ0n) is 17.4. The van der Waals surface area contributed by atoms with Crippen LogP contribution in [0.5, 0.6) is 0 Å². The van der Waals surface area contributed by atoms with Gasteiger partial charge in [0.2, 0.25) is 5.91 Å². The van der Waals surface area contributed by atoms with Gasteiger partial charge in [-0.05, 0) is 48.6 Å². The van der Waals surface area contributed by atoms with Gasteiger partial charge in [0.1, 0.15) is 11.5 Å². The Morgan fingerprint density at radius 2 is 1.88 bits per heavy atom. The number of anilines is 1. The van der Waals surface area contributed by atoms with Crippen LogP contribution in [0.1, 0.15) is 6.42 Å².